The lowest BCUT2D eigenvalue weighted by molar-refractivity contribution is 0.311. The Morgan fingerprint density at radius 3 is 2.71 bits per heavy atom. The Bertz CT molecular complexity index is 878. The van der Waals surface area contributed by atoms with Crippen LogP contribution in [0.4, 0.5) is 0 Å². The molecule has 28 heavy (non-hydrogen) atoms. The number of benzene rings is 1. The Morgan fingerprint density at radius 2 is 1.93 bits per heavy atom. The largest absolute Gasteiger partial charge is 0.494 e. The highest BCUT2D eigenvalue weighted by atomic mass is 127. The fourth-order valence-electron chi connectivity index (χ4n) is 2.59. The van der Waals surface area contributed by atoms with Gasteiger partial charge in [0.1, 0.15) is 12.3 Å². The Hall–Kier alpha value is -2.36. The van der Waals surface area contributed by atoms with Crippen LogP contribution in [-0.4, -0.2) is 40.3 Å². The molecule has 0 bridgehead atoms. The highest BCUT2D eigenvalue weighted by Gasteiger charge is 2.04. The first-order chi connectivity index (χ1) is 13.3. The fraction of sp³-hybridized carbons (Fsp3) is 0.350. The van der Waals surface area contributed by atoms with Crippen LogP contribution in [0.3, 0.4) is 0 Å². The molecule has 0 atom stereocenters. The first-order valence-electron chi connectivity index (χ1n) is 9.26. The molecule has 0 saturated carbocycles. The lowest BCUT2D eigenvalue weighted by Crippen LogP contribution is -2.38. The van der Waals surface area contributed by atoms with E-state index >= 15 is 0 Å². The SMILES string of the molecule is CCNC(=NCc1nnc2ccccn12)NCCCOc1ccc(C)cc1.I. The molecule has 1 aromatic carbocycles. The summed E-state index contributed by atoms with van der Waals surface area (Å²) >= 11 is 0. The molecule has 0 amide bonds. The lowest BCUT2D eigenvalue weighted by atomic mass is 10.2. The zero-order valence-electron chi connectivity index (χ0n) is 16.3. The van der Waals surface area contributed by atoms with Crippen LogP contribution in [0.5, 0.6) is 5.75 Å². The third-order valence-electron chi connectivity index (χ3n) is 4.01. The molecule has 3 rings (SSSR count). The van der Waals surface area contributed by atoms with Gasteiger partial charge in [0.05, 0.1) is 6.61 Å². The van der Waals surface area contributed by atoms with Crippen molar-refractivity contribution in [2.24, 2.45) is 4.99 Å². The van der Waals surface area contributed by atoms with Crippen molar-refractivity contribution in [3.63, 3.8) is 0 Å². The number of hydrogen-bond acceptors (Lipinski definition) is 4. The maximum atomic E-state index is 5.75. The first kappa shape index (κ1) is 21.9. The predicted octanol–water partition coefficient (Wildman–Crippen LogP) is 3.18. The highest BCUT2D eigenvalue weighted by molar-refractivity contribution is 14.0. The van der Waals surface area contributed by atoms with Crippen molar-refractivity contribution in [3.8, 4) is 5.75 Å². The molecule has 0 aliphatic carbocycles. The van der Waals surface area contributed by atoms with Gasteiger partial charge in [-0.05, 0) is 44.5 Å². The molecule has 0 aliphatic rings. The summed E-state index contributed by atoms with van der Waals surface area (Å²) in [5.74, 6) is 2.48. The maximum absolute atomic E-state index is 5.75. The number of fused-ring (bicyclic) bond motifs is 1. The third kappa shape index (κ3) is 6.36. The Labute approximate surface area is 182 Å². The number of rotatable bonds is 8. The van der Waals surface area contributed by atoms with Crippen LogP contribution in [0.15, 0.2) is 53.7 Å². The molecule has 8 heteroatoms. The molecular formula is C20H27IN6O. The van der Waals surface area contributed by atoms with Gasteiger partial charge < -0.3 is 15.4 Å². The molecule has 0 spiro atoms. The number of aromatic nitrogens is 3. The van der Waals surface area contributed by atoms with Crippen molar-refractivity contribution in [2.45, 2.75) is 26.8 Å². The molecule has 3 aromatic rings. The van der Waals surface area contributed by atoms with Gasteiger partial charge in [0, 0.05) is 19.3 Å². The van der Waals surface area contributed by atoms with Crippen LogP contribution in [0.1, 0.15) is 24.7 Å². The Balaban J connectivity index is 0.00000280. The summed E-state index contributed by atoms with van der Waals surface area (Å²) in [5, 5.41) is 14.9. The Kier molecular flexibility index (Phi) is 8.99. The number of nitrogens with one attached hydrogen (secondary N) is 2. The van der Waals surface area contributed by atoms with Gasteiger partial charge in [0.25, 0.3) is 0 Å². The summed E-state index contributed by atoms with van der Waals surface area (Å²) in [4.78, 5) is 4.60. The molecular weight excluding hydrogens is 467 g/mol. The topological polar surface area (TPSA) is 75.8 Å². The highest BCUT2D eigenvalue weighted by Crippen LogP contribution is 2.11. The van der Waals surface area contributed by atoms with Crippen LogP contribution in [0, 0.1) is 6.92 Å². The molecule has 0 unspecified atom stereocenters. The smallest absolute Gasteiger partial charge is 0.191 e. The summed E-state index contributed by atoms with van der Waals surface area (Å²) < 4.78 is 7.69. The molecule has 150 valence electrons. The maximum Gasteiger partial charge on any atom is 0.191 e. The summed E-state index contributed by atoms with van der Waals surface area (Å²) in [6, 6.07) is 13.9. The number of guanidine groups is 1. The summed E-state index contributed by atoms with van der Waals surface area (Å²) in [6.07, 6.45) is 2.83. The van der Waals surface area contributed by atoms with Crippen molar-refractivity contribution in [1.82, 2.24) is 25.2 Å². The van der Waals surface area contributed by atoms with E-state index in [1.54, 1.807) is 0 Å². The zero-order chi connectivity index (χ0) is 18.9. The summed E-state index contributed by atoms with van der Waals surface area (Å²) in [5.41, 5.74) is 2.06. The molecule has 0 saturated heterocycles. The molecule has 0 fully saturated rings. The van der Waals surface area contributed by atoms with Crippen molar-refractivity contribution in [3.05, 3.63) is 60.0 Å². The van der Waals surface area contributed by atoms with E-state index in [1.165, 1.54) is 5.56 Å². The summed E-state index contributed by atoms with van der Waals surface area (Å²) in [6.45, 7) is 6.80. The minimum atomic E-state index is 0. The monoisotopic (exact) mass is 494 g/mol. The van der Waals surface area contributed by atoms with Gasteiger partial charge in [-0.2, -0.15) is 0 Å². The minimum Gasteiger partial charge on any atom is -0.494 e. The van der Waals surface area contributed by atoms with Gasteiger partial charge in [-0.25, -0.2) is 4.99 Å². The van der Waals surface area contributed by atoms with Crippen molar-refractivity contribution in [1.29, 1.82) is 0 Å². The van der Waals surface area contributed by atoms with E-state index in [2.05, 4.69) is 44.9 Å². The van der Waals surface area contributed by atoms with Crippen molar-refractivity contribution in [2.75, 3.05) is 19.7 Å². The van der Waals surface area contributed by atoms with E-state index in [9.17, 15) is 0 Å². The van der Waals surface area contributed by atoms with Gasteiger partial charge in [-0.1, -0.05) is 23.8 Å². The number of nitrogens with zero attached hydrogens (tertiary/aromatic N) is 4. The van der Waals surface area contributed by atoms with Crippen LogP contribution in [-0.2, 0) is 6.54 Å². The normalized spacial score (nSPS) is 11.1. The van der Waals surface area contributed by atoms with Gasteiger partial charge in [-0.15, -0.1) is 34.2 Å². The van der Waals surface area contributed by atoms with E-state index < -0.39 is 0 Å². The molecule has 0 aliphatic heterocycles. The quantitative estimate of drug-likeness (QED) is 0.218. The van der Waals surface area contributed by atoms with Crippen molar-refractivity contribution >= 4 is 35.6 Å². The first-order valence-corrected chi connectivity index (χ1v) is 9.26. The van der Waals surface area contributed by atoms with Gasteiger partial charge in [-0.3, -0.25) is 4.40 Å². The van der Waals surface area contributed by atoms with Crippen LogP contribution in [0.25, 0.3) is 5.65 Å². The van der Waals surface area contributed by atoms with Crippen molar-refractivity contribution < 1.29 is 4.74 Å². The third-order valence-corrected chi connectivity index (χ3v) is 4.01. The number of pyridine rings is 1. The molecule has 2 aromatic heterocycles. The van der Waals surface area contributed by atoms with Crippen LogP contribution < -0.4 is 15.4 Å². The average molecular weight is 494 g/mol. The fourth-order valence-corrected chi connectivity index (χ4v) is 2.59. The number of aryl methyl sites for hydroxylation is 1. The number of hydrogen-bond donors (Lipinski definition) is 2. The van der Waals surface area contributed by atoms with Crippen LogP contribution >= 0.6 is 24.0 Å². The van der Waals surface area contributed by atoms with Crippen LogP contribution in [0.2, 0.25) is 0 Å². The summed E-state index contributed by atoms with van der Waals surface area (Å²) in [7, 11) is 0. The van der Waals surface area contributed by atoms with E-state index in [-0.39, 0.29) is 24.0 Å². The Morgan fingerprint density at radius 1 is 1.11 bits per heavy atom. The molecule has 0 radical (unpaired) electrons. The molecule has 2 heterocycles. The number of aliphatic imine (C=N–C) groups is 1. The average Bonchev–Trinajstić information content (AvgIpc) is 3.10. The van der Waals surface area contributed by atoms with Gasteiger partial charge in [0.2, 0.25) is 0 Å². The van der Waals surface area contributed by atoms with Gasteiger partial charge >= 0.3 is 0 Å². The minimum absolute atomic E-state index is 0. The zero-order valence-corrected chi connectivity index (χ0v) is 18.6. The second-order valence-corrected chi connectivity index (χ2v) is 6.18. The standard InChI is InChI=1S/C20H26N6O.HI/c1-3-21-20(22-12-6-14-27-17-10-8-16(2)9-11-17)23-15-19-25-24-18-7-4-5-13-26(18)19;/h4-5,7-11,13H,3,6,12,14-15H2,1-2H3,(H2,21,22,23);1H. The second kappa shape index (κ2) is 11.5. The predicted molar refractivity (Wildman–Crippen MR) is 123 cm³/mol. The second-order valence-electron chi connectivity index (χ2n) is 6.18. The van der Waals surface area contributed by atoms with E-state index in [0.717, 1.165) is 42.7 Å². The molecule has 2 N–H and O–H groups in total. The number of ether oxygens (including phenoxy) is 1. The van der Waals surface area contributed by atoms with E-state index in [4.69, 9.17) is 4.74 Å². The molecule has 7 nitrogen and oxygen atoms in total. The van der Waals surface area contributed by atoms with E-state index in [1.807, 2.05) is 47.9 Å². The van der Waals surface area contributed by atoms with Gasteiger partial charge in [0.15, 0.2) is 17.4 Å². The number of halogens is 1. The van der Waals surface area contributed by atoms with E-state index in [0.29, 0.717) is 13.2 Å². The lowest BCUT2D eigenvalue weighted by Gasteiger charge is -2.11.